The molecule has 2 aromatic carbocycles. The highest BCUT2D eigenvalue weighted by atomic mass is 32.1. The van der Waals surface area contributed by atoms with Gasteiger partial charge in [0.05, 0.1) is 5.39 Å². The molecule has 0 N–H and O–H groups in total. The fourth-order valence-corrected chi connectivity index (χ4v) is 4.30. The Hall–Kier alpha value is -2.72. The van der Waals surface area contributed by atoms with Crippen LogP contribution in [0.4, 0.5) is 11.5 Å². The fraction of sp³-hybridized carbons (Fsp3) is 0.217. The number of hydrogen-bond donors (Lipinski definition) is 0. The Morgan fingerprint density at radius 2 is 1.70 bits per heavy atom. The minimum atomic E-state index is 0.533. The molecule has 27 heavy (non-hydrogen) atoms. The maximum Gasteiger partial charge on any atom is 0.145 e. The molecule has 0 aliphatic heterocycles. The van der Waals surface area contributed by atoms with Crippen LogP contribution in [-0.4, -0.2) is 16.5 Å². The molecule has 0 atom stereocenters. The van der Waals surface area contributed by atoms with E-state index in [9.17, 15) is 0 Å². The van der Waals surface area contributed by atoms with Crippen molar-refractivity contribution >= 4 is 33.1 Å². The molecule has 0 radical (unpaired) electrons. The smallest absolute Gasteiger partial charge is 0.145 e. The van der Waals surface area contributed by atoms with Crippen molar-refractivity contribution < 1.29 is 0 Å². The lowest BCUT2D eigenvalue weighted by Gasteiger charge is -2.23. The van der Waals surface area contributed by atoms with Gasteiger partial charge in [0, 0.05) is 23.2 Å². The number of rotatable bonds is 5. The third-order valence-electron chi connectivity index (χ3n) is 4.88. The number of fused-ring (bicyclic) bond motifs is 1. The molecule has 4 heteroatoms. The van der Waals surface area contributed by atoms with Crippen LogP contribution in [0.15, 0.2) is 66.3 Å². The molecule has 0 amide bonds. The van der Waals surface area contributed by atoms with Gasteiger partial charge in [-0.25, -0.2) is 9.97 Å². The van der Waals surface area contributed by atoms with E-state index in [4.69, 9.17) is 0 Å². The van der Waals surface area contributed by atoms with E-state index < -0.39 is 0 Å². The van der Waals surface area contributed by atoms with E-state index in [1.165, 1.54) is 16.7 Å². The molecule has 0 fully saturated rings. The van der Waals surface area contributed by atoms with Crippen molar-refractivity contribution in [2.45, 2.75) is 26.7 Å². The summed E-state index contributed by atoms with van der Waals surface area (Å²) >= 11 is 1.68. The molecule has 0 bridgehead atoms. The molecule has 136 valence electrons. The van der Waals surface area contributed by atoms with Gasteiger partial charge in [0.25, 0.3) is 0 Å². The molecule has 0 spiro atoms. The quantitative estimate of drug-likeness (QED) is 0.393. The number of thiophene rings is 1. The summed E-state index contributed by atoms with van der Waals surface area (Å²) in [5, 5.41) is 3.33. The summed E-state index contributed by atoms with van der Waals surface area (Å²) < 4.78 is 0. The Morgan fingerprint density at radius 1 is 0.963 bits per heavy atom. The van der Waals surface area contributed by atoms with Gasteiger partial charge in [-0.15, -0.1) is 11.3 Å². The van der Waals surface area contributed by atoms with Gasteiger partial charge in [-0.2, -0.15) is 0 Å². The first-order valence-electron chi connectivity index (χ1n) is 9.34. The summed E-state index contributed by atoms with van der Waals surface area (Å²) in [4.78, 5) is 12.5. The van der Waals surface area contributed by atoms with Crippen LogP contribution in [0.2, 0.25) is 0 Å². The van der Waals surface area contributed by atoms with Crippen molar-refractivity contribution in [2.75, 3.05) is 11.4 Å². The van der Waals surface area contributed by atoms with Crippen molar-refractivity contribution in [3.05, 3.63) is 71.9 Å². The molecule has 0 aliphatic carbocycles. The minimum Gasteiger partial charge on any atom is -0.326 e. The van der Waals surface area contributed by atoms with E-state index >= 15 is 0 Å². The molecule has 0 saturated heterocycles. The van der Waals surface area contributed by atoms with Crippen LogP contribution in [0.25, 0.3) is 21.3 Å². The first-order chi connectivity index (χ1) is 13.2. The average molecular weight is 374 g/mol. The molecular formula is C23H23N3S. The average Bonchev–Trinajstić information content (AvgIpc) is 3.14. The van der Waals surface area contributed by atoms with Crippen LogP contribution in [-0.2, 0) is 0 Å². The minimum absolute atomic E-state index is 0.533. The lowest BCUT2D eigenvalue weighted by atomic mass is 9.99. The van der Waals surface area contributed by atoms with Crippen molar-refractivity contribution in [1.29, 1.82) is 0 Å². The van der Waals surface area contributed by atoms with Crippen LogP contribution in [0.3, 0.4) is 0 Å². The first-order valence-corrected chi connectivity index (χ1v) is 10.2. The number of aromatic nitrogens is 2. The predicted molar refractivity (Wildman–Crippen MR) is 116 cm³/mol. The largest absolute Gasteiger partial charge is 0.326 e. The molecule has 0 saturated carbocycles. The van der Waals surface area contributed by atoms with Crippen molar-refractivity contribution in [1.82, 2.24) is 9.97 Å². The van der Waals surface area contributed by atoms with Crippen molar-refractivity contribution in [3.8, 4) is 11.1 Å². The number of hydrogen-bond acceptors (Lipinski definition) is 4. The Balaban J connectivity index is 1.87. The summed E-state index contributed by atoms with van der Waals surface area (Å²) in [6, 6.07) is 19.3. The van der Waals surface area contributed by atoms with Gasteiger partial charge in [-0.05, 0) is 36.1 Å². The zero-order chi connectivity index (χ0) is 18.8. The van der Waals surface area contributed by atoms with Gasteiger partial charge in [-0.1, -0.05) is 56.3 Å². The van der Waals surface area contributed by atoms with Crippen LogP contribution < -0.4 is 4.90 Å². The van der Waals surface area contributed by atoms with E-state index in [1.54, 1.807) is 17.7 Å². The SMILES string of the molecule is CCN(c1ccccc1)c1ncnc2scc(-c3ccc(C(C)C)cc3)c12. The first kappa shape index (κ1) is 17.7. The summed E-state index contributed by atoms with van der Waals surface area (Å²) in [5.41, 5.74) is 4.92. The van der Waals surface area contributed by atoms with Crippen LogP contribution in [0.1, 0.15) is 32.3 Å². The summed E-state index contributed by atoms with van der Waals surface area (Å²) in [7, 11) is 0. The standard InChI is InChI=1S/C23H23N3S/c1-4-26(19-8-6-5-7-9-19)22-21-20(14-27-23(21)25-15-24-22)18-12-10-17(11-13-18)16(2)3/h5-16H,4H2,1-3H3. The number of para-hydroxylation sites is 1. The Labute approximate surface area is 164 Å². The third-order valence-corrected chi connectivity index (χ3v) is 5.76. The Kier molecular flexibility index (Phi) is 4.90. The Morgan fingerprint density at radius 3 is 2.37 bits per heavy atom. The van der Waals surface area contributed by atoms with Crippen LogP contribution >= 0.6 is 11.3 Å². The summed E-state index contributed by atoms with van der Waals surface area (Å²) in [6.45, 7) is 7.45. The highest BCUT2D eigenvalue weighted by Crippen LogP contribution is 2.39. The molecule has 2 aromatic heterocycles. The molecule has 4 aromatic rings. The van der Waals surface area contributed by atoms with Crippen LogP contribution in [0, 0.1) is 0 Å². The molecule has 3 nitrogen and oxygen atoms in total. The van der Waals surface area contributed by atoms with Gasteiger partial charge in [-0.3, -0.25) is 0 Å². The third kappa shape index (κ3) is 3.33. The number of anilines is 2. The van der Waals surface area contributed by atoms with E-state index in [1.807, 2.05) is 6.07 Å². The second-order valence-electron chi connectivity index (χ2n) is 6.88. The normalized spacial score (nSPS) is 11.3. The maximum atomic E-state index is 4.68. The second-order valence-corrected chi connectivity index (χ2v) is 7.74. The van der Waals surface area contributed by atoms with E-state index in [0.717, 1.165) is 28.3 Å². The number of benzene rings is 2. The summed E-state index contributed by atoms with van der Waals surface area (Å²) in [6.07, 6.45) is 1.67. The highest BCUT2D eigenvalue weighted by Gasteiger charge is 2.18. The molecule has 2 heterocycles. The second kappa shape index (κ2) is 7.49. The van der Waals surface area contributed by atoms with Gasteiger partial charge in [0.2, 0.25) is 0 Å². The number of nitrogens with zero attached hydrogens (tertiary/aromatic N) is 3. The highest BCUT2D eigenvalue weighted by molar-refractivity contribution is 7.17. The van der Waals surface area contributed by atoms with Crippen molar-refractivity contribution in [2.24, 2.45) is 0 Å². The van der Waals surface area contributed by atoms with E-state index in [2.05, 4.69) is 89.6 Å². The Bertz CT molecular complexity index is 1040. The topological polar surface area (TPSA) is 29.0 Å². The van der Waals surface area contributed by atoms with Gasteiger partial charge >= 0.3 is 0 Å². The molecule has 4 rings (SSSR count). The predicted octanol–water partition coefficient (Wildman–Crippen LogP) is 6.64. The van der Waals surface area contributed by atoms with Gasteiger partial charge < -0.3 is 4.90 Å². The lowest BCUT2D eigenvalue weighted by Crippen LogP contribution is -2.17. The fourth-order valence-electron chi connectivity index (χ4n) is 3.39. The summed E-state index contributed by atoms with van der Waals surface area (Å²) in [5.74, 6) is 1.50. The lowest BCUT2D eigenvalue weighted by molar-refractivity contribution is 0.867. The van der Waals surface area contributed by atoms with Crippen LogP contribution in [0.5, 0.6) is 0 Å². The zero-order valence-electron chi connectivity index (χ0n) is 15.9. The molecule has 0 aliphatic rings. The zero-order valence-corrected chi connectivity index (χ0v) is 16.7. The monoisotopic (exact) mass is 373 g/mol. The van der Waals surface area contributed by atoms with Gasteiger partial charge in [0.1, 0.15) is 17.0 Å². The van der Waals surface area contributed by atoms with Gasteiger partial charge in [0.15, 0.2) is 0 Å². The maximum absolute atomic E-state index is 4.68. The molecule has 0 unspecified atom stereocenters. The van der Waals surface area contributed by atoms with E-state index in [-0.39, 0.29) is 0 Å². The van der Waals surface area contributed by atoms with E-state index in [0.29, 0.717) is 5.92 Å². The molecular weight excluding hydrogens is 350 g/mol. The van der Waals surface area contributed by atoms with Crippen molar-refractivity contribution in [3.63, 3.8) is 0 Å².